The van der Waals surface area contributed by atoms with Crippen LogP contribution in [0.25, 0.3) is 68.6 Å². The van der Waals surface area contributed by atoms with E-state index in [4.69, 9.17) is 19.4 Å². The van der Waals surface area contributed by atoms with Gasteiger partial charge in [0.05, 0.1) is 22.4 Å². The van der Waals surface area contributed by atoms with Gasteiger partial charge < -0.3 is 19.4 Å². The second-order valence-corrected chi connectivity index (χ2v) is 12.3. The predicted octanol–water partition coefficient (Wildman–Crippen LogP) is 11.9. The van der Waals surface area contributed by atoms with Gasteiger partial charge in [-0.15, -0.1) is 0 Å². The quantitative estimate of drug-likeness (QED) is 0.183. The van der Waals surface area contributed by atoms with Crippen LogP contribution in [0.1, 0.15) is 22.8 Å². The predicted molar refractivity (Wildman–Crippen MR) is 203 cm³/mol. The lowest BCUT2D eigenvalue weighted by Gasteiger charge is -2.08. The number of fused-ring (bicyclic) bond motifs is 8. The average Bonchev–Trinajstić information content (AvgIpc) is 4.02. The molecule has 3 aromatic heterocycles. The summed E-state index contributed by atoms with van der Waals surface area (Å²) in [6.07, 6.45) is 7.75. The molecule has 2 aliphatic rings. The second-order valence-electron chi connectivity index (χ2n) is 12.3. The number of hydrogen-bond donors (Lipinski definition) is 2. The maximum absolute atomic E-state index is 13.9. The van der Waals surface area contributed by atoms with Crippen LogP contribution in [0.5, 0.6) is 23.0 Å². The van der Waals surface area contributed by atoms with E-state index in [1.807, 2.05) is 109 Å². The van der Waals surface area contributed by atoms with Crippen LogP contribution < -0.4 is 9.47 Å². The Morgan fingerprint density at radius 3 is 1.15 bits per heavy atom. The minimum Gasteiger partial charge on any atom is -0.453 e. The zero-order chi connectivity index (χ0) is 35.0. The normalized spacial score (nSPS) is 11.9. The highest BCUT2D eigenvalue weighted by atomic mass is 19.1. The molecule has 2 N–H and O–H groups in total. The molecule has 7 aromatic rings. The first kappa shape index (κ1) is 31.0. The summed E-state index contributed by atoms with van der Waals surface area (Å²) in [6, 6.07) is 39.7. The number of benzene rings is 4. The van der Waals surface area contributed by atoms with Crippen LogP contribution in [0.15, 0.2) is 133 Å². The highest BCUT2D eigenvalue weighted by molar-refractivity contribution is 5.95. The van der Waals surface area contributed by atoms with Crippen LogP contribution >= 0.6 is 0 Å². The van der Waals surface area contributed by atoms with Crippen molar-refractivity contribution < 1.29 is 18.3 Å². The summed E-state index contributed by atoms with van der Waals surface area (Å²) < 4.78 is 40.8. The van der Waals surface area contributed by atoms with Crippen LogP contribution in [-0.2, 0) is 0 Å². The van der Waals surface area contributed by atoms with Crippen LogP contribution in [0.3, 0.4) is 0 Å². The van der Waals surface area contributed by atoms with Gasteiger partial charge in [-0.1, -0.05) is 60.7 Å². The van der Waals surface area contributed by atoms with E-state index in [-0.39, 0.29) is 11.6 Å². The Morgan fingerprint density at radius 1 is 0.385 bits per heavy atom. The number of rotatable bonds is 6. The van der Waals surface area contributed by atoms with Crippen LogP contribution in [0.2, 0.25) is 0 Å². The first-order valence-corrected chi connectivity index (χ1v) is 16.7. The Kier molecular flexibility index (Phi) is 7.74. The Morgan fingerprint density at radius 2 is 0.750 bits per heavy atom. The van der Waals surface area contributed by atoms with Gasteiger partial charge in [-0.05, 0) is 108 Å². The summed E-state index contributed by atoms with van der Waals surface area (Å²) >= 11 is 0. The number of H-pyrrole nitrogens is 2. The van der Waals surface area contributed by atoms with E-state index in [0.717, 1.165) is 33.3 Å². The molecule has 52 heavy (non-hydrogen) atoms. The summed E-state index contributed by atoms with van der Waals surface area (Å²) in [7, 11) is 0. The molecule has 0 atom stereocenters. The molecule has 5 heterocycles. The fraction of sp³-hybridized carbons (Fsp3) is 0. The maximum atomic E-state index is 13.9. The van der Waals surface area contributed by atoms with E-state index in [2.05, 4.69) is 9.97 Å². The third-order valence-corrected chi connectivity index (χ3v) is 8.85. The van der Waals surface area contributed by atoms with Crippen molar-refractivity contribution in [1.29, 1.82) is 0 Å². The first-order valence-electron chi connectivity index (χ1n) is 16.7. The molecule has 8 heteroatoms. The number of halogens is 2. The van der Waals surface area contributed by atoms with E-state index in [1.165, 1.54) is 24.3 Å². The molecule has 0 spiro atoms. The SMILES string of the molecule is Fc1ccc(Oc2c3nc(c(-c4ccccc4)c4ccc([nH]4)c(Oc4ccc(F)cc4)c4nc(c(-c5ccccc5)c5ccc2[nH]5)C=C4)C=C3)cc1. The van der Waals surface area contributed by atoms with E-state index in [1.54, 1.807) is 24.3 Å². The van der Waals surface area contributed by atoms with Crippen molar-refractivity contribution in [2.75, 3.05) is 0 Å². The van der Waals surface area contributed by atoms with Gasteiger partial charge in [-0.2, -0.15) is 0 Å². The molecule has 4 aromatic carbocycles. The average molecular weight is 683 g/mol. The standard InChI is InChI=1S/C44H28F2N4O2/c45-29-11-15-31(16-12-29)51-43-37-23-19-33(47-37)41(27-7-3-1-4-8-27)34-20-24-38(48-34)44(52-32-17-13-30(46)14-18-32)40-26-22-36(50-40)42(28-9-5-2-6-10-28)35-21-25-39(43)49-35/h1-26,47,50H. The highest BCUT2D eigenvalue weighted by Gasteiger charge is 2.19. The summed E-state index contributed by atoms with van der Waals surface area (Å²) in [6.45, 7) is 0. The minimum atomic E-state index is -0.356. The summed E-state index contributed by atoms with van der Waals surface area (Å²) in [5.74, 6) is 1.17. The number of hydrogen-bond acceptors (Lipinski definition) is 4. The van der Waals surface area contributed by atoms with Gasteiger partial charge in [-0.25, -0.2) is 18.7 Å². The Balaban J connectivity index is 1.40. The highest BCUT2D eigenvalue weighted by Crippen LogP contribution is 2.39. The molecule has 0 aliphatic carbocycles. The van der Waals surface area contributed by atoms with Gasteiger partial charge in [0.1, 0.15) is 34.5 Å². The van der Waals surface area contributed by atoms with Crippen molar-refractivity contribution in [3.8, 4) is 45.3 Å². The molecule has 2 aliphatic heterocycles. The fourth-order valence-corrected chi connectivity index (χ4v) is 6.43. The van der Waals surface area contributed by atoms with Crippen LogP contribution in [-0.4, -0.2) is 19.9 Å². The summed E-state index contributed by atoms with van der Waals surface area (Å²) in [4.78, 5) is 17.4. The number of aromatic nitrogens is 4. The molecule has 6 nitrogen and oxygen atoms in total. The van der Waals surface area contributed by atoms with E-state index < -0.39 is 0 Å². The molecule has 9 rings (SSSR count). The lowest BCUT2D eigenvalue weighted by molar-refractivity contribution is 0.482. The smallest absolute Gasteiger partial charge is 0.176 e. The van der Waals surface area contributed by atoms with Crippen molar-refractivity contribution in [1.82, 2.24) is 19.9 Å². The molecular formula is C44H28F2N4O2. The van der Waals surface area contributed by atoms with E-state index in [0.29, 0.717) is 56.8 Å². The van der Waals surface area contributed by atoms with Crippen LogP contribution in [0.4, 0.5) is 8.78 Å². The number of aromatic amines is 2. The Bertz CT molecular complexity index is 2490. The third kappa shape index (κ3) is 5.92. The zero-order valence-corrected chi connectivity index (χ0v) is 27.5. The van der Waals surface area contributed by atoms with Crippen molar-refractivity contribution >= 4 is 46.4 Å². The monoisotopic (exact) mass is 682 g/mol. The molecule has 0 unspecified atom stereocenters. The maximum Gasteiger partial charge on any atom is 0.176 e. The van der Waals surface area contributed by atoms with Gasteiger partial charge in [0.25, 0.3) is 0 Å². The summed E-state index contributed by atoms with van der Waals surface area (Å²) in [5, 5.41) is 0. The second kappa shape index (κ2) is 13.0. The van der Waals surface area contributed by atoms with Gasteiger partial charge in [0.2, 0.25) is 0 Å². The molecule has 0 fully saturated rings. The Hall–Kier alpha value is -7.06. The number of nitrogens with one attached hydrogen (secondary N) is 2. The molecular weight excluding hydrogens is 655 g/mol. The van der Waals surface area contributed by atoms with Crippen molar-refractivity contribution in [2.24, 2.45) is 0 Å². The van der Waals surface area contributed by atoms with Crippen LogP contribution in [0, 0.1) is 11.6 Å². The van der Waals surface area contributed by atoms with Crippen molar-refractivity contribution in [3.63, 3.8) is 0 Å². The molecule has 0 amide bonds. The zero-order valence-electron chi connectivity index (χ0n) is 27.5. The first-order chi connectivity index (χ1) is 25.6. The molecule has 8 bridgehead atoms. The third-order valence-electron chi connectivity index (χ3n) is 8.85. The lowest BCUT2D eigenvalue weighted by atomic mass is 10.0. The molecule has 250 valence electrons. The number of nitrogens with zero attached hydrogens (tertiary/aromatic N) is 2. The largest absolute Gasteiger partial charge is 0.453 e. The Labute approximate surface area is 297 Å². The van der Waals surface area contributed by atoms with Gasteiger partial charge in [0.15, 0.2) is 11.5 Å². The van der Waals surface area contributed by atoms with E-state index in [9.17, 15) is 8.78 Å². The van der Waals surface area contributed by atoms with Crippen molar-refractivity contribution in [3.05, 3.63) is 168 Å². The van der Waals surface area contributed by atoms with E-state index >= 15 is 0 Å². The molecule has 0 saturated carbocycles. The van der Waals surface area contributed by atoms with Gasteiger partial charge >= 0.3 is 0 Å². The van der Waals surface area contributed by atoms with Crippen molar-refractivity contribution in [2.45, 2.75) is 0 Å². The van der Waals surface area contributed by atoms with Gasteiger partial charge in [-0.3, -0.25) is 0 Å². The topological polar surface area (TPSA) is 75.8 Å². The molecule has 0 saturated heterocycles. The van der Waals surface area contributed by atoms with Gasteiger partial charge in [0, 0.05) is 22.2 Å². The minimum absolute atomic E-state index is 0.356. The fourth-order valence-electron chi connectivity index (χ4n) is 6.43. The lowest BCUT2D eigenvalue weighted by Crippen LogP contribution is -1.91. The molecule has 0 radical (unpaired) electrons. The number of ether oxygens (including phenoxy) is 2. The summed E-state index contributed by atoms with van der Waals surface area (Å²) in [5.41, 5.74) is 9.13.